The first-order valence-corrected chi connectivity index (χ1v) is 5.67. The molecular formula is C13H14N2O3. The molecule has 0 saturated heterocycles. The molecule has 0 radical (unpaired) electrons. The van der Waals surface area contributed by atoms with Crippen LogP contribution in [0.5, 0.6) is 0 Å². The number of nitrogens with zero attached hydrogens (tertiary/aromatic N) is 2. The molecule has 2 rings (SSSR count). The summed E-state index contributed by atoms with van der Waals surface area (Å²) >= 11 is 0. The van der Waals surface area contributed by atoms with Crippen LogP contribution in [0.15, 0.2) is 36.7 Å². The van der Waals surface area contributed by atoms with Gasteiger partial charge in [-0.1, -0.05) is 12.1 Å². The van der Waals surface area contributed by atoms with Crippen LogP contribution in [0, 0.1) is 0 Å². The fraction of sp³-hybridized carbons (Fsp3) is 0.231. The summed E-state index contributed by atoms with van der Waals surface area (Å²) < 4.78 is 6.68. The molecule has 18 heavy (non-hydrogen) atoms. The van der Waals surface area contributed by atoms with Gasteiger partial charge in [-0.3, -0.25) is 0 Å². The number of rotatable bonds is 4. The minimum Gasteiger partial charge on any atom is -0.462 e. The van der Waals surface area contributed by atoms with Gasteiger partial charge < -0.3 is 14.4 Å². The lowest BCUT2D eigenvalue weighted by atomic mass is 10.1. The van der Waals surface area contributed by atoms with Crippen LogP contribution in [-0.4, -0.2) is 27.2 Å². The molecule has 0 bridgehead atoms. The highest BCUT2D eigenvalue weighted by Gasteiger charge is 2.14. The van der Waals surface area contributed by atoms with Crippen molar-refractivity contribution in [1.29, 1.82) is 0 Å². The number of hydrogen-bond donors (Lipinski definition) is 1. The lowest BCUT2D eigenvalue weighted by molar-refractivity contribution is 0.0526. The van der Waals surface area contributed by atoms with E-state index in [1.165, 1.54) is 0 Å². The van der Waals surface area contributed by atoms with Crippen LogP contribution in [0.4, 0.5) is 0 Å². The summed E-state index contributed by atoms with van der Waals surface area (Å²) in [6.07, 6.45) is 3.27. The Balaban J connectivity index is 2.48. The number of carbonyl (C=O) groups is 1. The summed E-state index contributed by atoms with van der Waals surface area (Å²) in [7, 11) is 0. The SMILES string of the molecule is CCOC(=O)c1ccccc1-n1ccnc1CO. The van der Waals surface area contributed by atoms with Crippen LogP contribution in [0.1, 0.15) is 23.1 Å². The van der Waals surface area contributed by atoms with Crippen LogP contribution in [-0.2, 0) is 11.3 Å². The van der Waals surface area contributed by atoms with E-state index < -0.39 is 0 Å². The normalized spacial score (nSPS) is 10.3. The van der Waals surface area contributed by atoms with E-state index in [1.54, 1.807) is 42.1 Å². The monoisotopic (exact) mass is 246 g/mol. The summed E-state index contributed by atoms with van der Waals surface area (Å²) in [4.78, 5) is 15.9. The maximum Gasteiger partial charge on any atom is 0.340 e. The maximum atomic E-state index is 11.8. The Hall–Kier alpha value is -2.14. The van der Waals surface area contributed by atoms with Gasteiger partial charge in [0, 0.05) is 12.4 Å². The van der Waals surface area contributed by atoms with Crippen molar-refractivity contribution in [3.63, 3.8) is 0 Å². The summed E-state index contributed by atoms with van der Waals surface area (Å²) in [5.74, 6) is 0.0949. The van der Waals surface area contributed by atoms with Crippen molar-refractivity contribution in [2.24, 2.45) is 0 Å². The number of aliphatic hydroxyl groups excluding tert-OH is 1. The molecule has 0 amide bonds. The standard InChI is InChI=1S/C13H14N2O3/c1-2-18-13(17)10-5-3-4-6-11(10)15-8-7-14-12(15)9-16/h3-8,16H,2,9H2,1H3. The zero-order chi connectivity index (χ0) is 13.0. The highest BCUT2D eigenvalue weighted by molar-refractivity contribution is 5.93. The first-order valence-electron chi connectivity index (χ1n) is 5.67. The Kier molecular flexibility index (Phi) is 3.74. The molecule has 1 heterocycles. The number of esters is 1. The molecule has 0 aliphatic carbocycles. The van der Waals surface area contributed by atoms with Crippen molar-refractivity contribution < 1.29 is 14.6 Å². The number of para-hydroxylation sites is 1. The van der Waals surface area contributed by atoms with Gasteiger partial charge in [0.2, 0.25) is 0 Å². The number of aromatic nitrogens is 2. The second-order valence-electron chi connectivity index (χ2n) is 3.61. The third kappa shape index (κ3) is 2.26. The van der Waals surface area contributed by atoms with E-state index >= 15 is 0 Å². The predicted octanol–water partition coefficient (Wildman–Crippen LogP) is 1.54. The molecule has 1 aromatic carbocycles. The number of carbonyl (C=O) groups excluding carboxylic acids is 1. The van der Waals surface area contributed by atoms with E-state index in [2.05, 4.69) is 4.98 Å². The Morgan fingerprint density at radius 1 is 1.44 bits per heavy atom. The first-order chi connectivity index (χ1) is 8.77. The van der Waals surface area contributed by atoms with Gasteiger partial charge >= 0.3 is 5.97 Å². The van der Waals surface area contributed by atoms with Crippen molar-refractivity contribution in [3.05, 3.63) is 48.0 Å². The topological polar surface area (TPSA) is 64.4 Å². The second-order valence-corrected chi connectivity index (χ2v) is 3.61. The van der Waals surface area contributed by atoms with E-state index in [-0.39, 0.29) is 12.6 Å². The van der Waals surface area contributed by atoms with Gasteiger partial charge in [0.1, 0.15) is 12.4 Å². The third-order valence-electron chi connectivity index (χ3n) is 2.52. The molecule has 0 aliphatic heterocycles. The Morgan fingerprint density at radius 2 is 2.22 bits per heavy atom. The van der Waals surface area contributed by atoms with Crippen LogP contribution >= 0.6 is 0 Å². The van der Waals surface area contributed by atoms with Crippen LogP contribution < -0.4 is 0 Å². The van der Waals surface area contributed by atoms with Crippen molar-refractivity contribution in [2.45, 2.75) is 13.5 Å². The maximum absolute atomic E-state index is 11.8. The average molecular weight is 246 g/mol. The minimum atomic E-state index is -0.384. The molecule has 94 valence electrons. The molecule has 5 heteroatoms. The quantitative estimate of drug-likeness (QED) is 0.831. The van der Waals surface area contributed by atoms with Gasteiger partial charge in [0.05, 0.1) is 17.9 Å². The number of hydrogen-bond acceptors (Lipinski definition) is 4. The van der Waals surface area contributed by atoms with Gasteiger partial charge in [0.25, 0.3) is 0 Å². The van der Waals surface area contributed by atoms with Crippen LogP contribution in [0.3, 0.4) is 0 Å². The first kappa shape index (κ1) is 12.3. The largest absolute Gasteiger partial charge is 0.462 e. The van der Waals surface area contributed by atoms with Gasteiger partial charge in [-0.25, -0.2) is 9.78 Å². The van der Waals surface area contributed by atoms with E-state index in [4.69, 9.17) is 4.74 Å². The van der Waals surface area contributed by atoms with E-state index in [0.717, 1.165) is 0 Å². The van der Waals surface area contributed by atoms with Gasteiger partial charge in [-0.2, -0.15) is 0 Å². The summed E-state index contributed by atoms with van der Waals surface area (Å²) in [5.41, 5.74) is 1.10. The number of aliphatic hydroxyl groups is 1. The number of imidazole rings is 1. The van der Waals surface area contributed by atoms with Crippen molar-refractivity contribution in [1.82, 2.24) is 9.55 Å². The number of ether oxygens (including phenoxy) is 1. The van der Waals surface area contributed by atoms with E-state index in [9.17, 15) is 9.90 Å². The molecule has 1 N–H and O–H groups in total. The molecule has 0 atom stereocenters. The Labute approximate surface area is 105 Å². The second kappa shape index (κ2) is 5.46. The van der Waals surface area contributed by atoms with Crippen molar-refractivity contribution >= 4 is 5.97 Å². The van der Waals surface area contributed by atoms with Crippen LogP contribution in [0.2, 0.25) is 0 Å². The molecule has 0 fully saturated rings. The van der Waals surface area contributed by atoms with E-state index in [1.807, 2.05) is 6.07 Å². The smallest absolute Gasteiger partial charge is 0.340 e. The molecule has 0 saturated carbocycles. The zero-order valence-corrected chi connectivity index (χ0v) is 10.0. The molecule has 0 aliphatic rings. The lowest BCUT2D eigenvalue weighted by Gasteiger charge is -2.11. The summed E-state index contributed by atoms with van der Waals surface area (Å²) in [5, 5.41) is 9.20. The van der Waals surface area contributed by atoms with Gasteiger partial charge in [0.15, 0.2) is 0 Å². The van der Waals surface area contributed by atoms with Crippen molar-refractivity contribution in [3.8, 4) is 5.69 Å². The number of benzene rings is 1. The zero-order valence-electron chi connectivity index (χ0n) is 10.0. The van der Waals surface area contributed by atoms with E-state index in [0.29, 0.717) is 23.7 Å². The summed E-state index contributed by atoms with van der Waals surface area (Å²) in [6, 6.07) is 7.06. The molecule has 0 unspecified atom stereocenters. The summed E-state index contributed by atoms with van der Waals surface area (Å²) in [6.45, 7) is 1.89. The molecule has 5 nitrogen and oxygen atoms in total. The third-order valence-corrected chi connectivity index (χ3v) is 2.52. The molecule has 1 aromatic heterocycles. The highest BCUT2D eigenvalue weighted by Crippen LogP contribution is 2.17. The minimum absolute atomic E-state index is 0.190. The fourth-order valence-electron chi connectivity index (χ4n) is 1.74. The Bertz CT molecular complexity index is 549. The van der Waals surface area contributed by atoms with Gasteiger partial charge in [-0.15, -0.1) is 0 Å². The van der Waals surface area contributed by atoms with Crippen molar-refractivity contribution in [2.75, 3.05) is 6.61 Å². The molecular weight excluding hydrogens is 232 g/mol. The predicted molar refractivity (Wildman–Crippen MR) is 65.4 cm³/mol. The molecule has 2 aromatic rings. The highest BCUT2D eigenvalue weighted by atomic mass is 16.5. The van der Waals surface area contributed by atoms with Crippen LogP contribution in [0.25, 0.3) is 5.69 Å². The van der Waals surface area contributed by atoms with Gasteiger partial charge in [-0.05, 0) is 19.1 Å². The molecule has 0 spiro atoms. The fourth-order valence-corrected chi connectivity index (χ4v) is 1.74. The average Bonchev–Trinajstić information content (AvgIpc) is 2.87. The Morgan fingerprint density at radius 3 is 2.94 bits per heavy atom. The lowest BCUT2D eigenvalue weighted by Crippen LogP contribution is -2.10.